The first-order valence-corrected chi connectivity index (χ1v) is 8.43. The molecule has 0 N–H and O–H groups in total. The molecule has 1 atom stereocenters. The Kier molecular flexibility index (Phi) is 11.5. The zero-order chi connectivity index (χ0) is 17.0. The molecule has 0 heterocycles. The number of hydrogen-bond donors (Lipinski definition) is 0. The van der Waals surface area contributed by atoms with Crippen LogP contribution in [0, 0.1) is 5.92 Å². The largest absolute Gasteiger partial charge is 0.300 e. The molecule has 0 aromatic rings. The lowest BCUT2D eigenvalue weighted by molar-refractivity contribution is -0.128. The lowest BCUT2D eigenvalue weighted by atomic mass is 9.90. The number of hydrogen-bond acceptors (Lipinski definition) is 4. The van der Waals surface area contributed by atoms with E-state index < -0.39 is 0 Å². The third-order valence-corrected chi connectivity index (χ3v) is 3.80. The van der Waals surface area contributed by atoms with Crippen LogP contribution in [-0.4, -0.2) is 23.1 Å². The van der Waals surface area contributed by atoms with Gasteiger partial charge in [-0.25, -0.2) is 0 Å². The number of Topliss-reactive ketones (excluding diaryl/α,β-unsaturated/α-hetero) is 4. The highest BCUT2D eigenvalue weighted by Crippen LogP contribution is 2.20. The van der Waals surface area contributed by atoms with Gasteiger partial charge in [-0.1, -0.05) is 26.7 Å². The molecule has 0 aromatic heterocycles. The van der Waals surface area contributed by atoms with Crippen molar-refractivity contribution in [2.75, 3.05) is 0 Å². The fraction of sp³-hybridized carbons (Fsp3) is 0.778. The minimum absolute atomic E-state index is 0.0645. The minimum Gasteiger partial charge on any atom is -0.300 e. The smallest absolute Gasteiger partial charge is 0.140 e. The van der Waals surface area contributed by atoms with Gasteiger partial charge in [0.15, 0.2) is 0 Å². The molecule has 0 spiro atoms. The Morgan fingerprint density at radius 3 is 2.00 bits per heavy atom. The Bertz CT molecular complexity index is 385. The van der Waals surface area contributed by atoms with E-state index in [1.165, 1.54) is 6.92 Å². The van der Waals surface area contributed by atoms with Gasteiger partial charge in [0.25, 0.3) is 0 Å². The zero-order valence-corrected chi connectivity index (χ0v) is 14.3. The SMILES string of the molecule is CCCC(CCCC(=O)CCC(=O)CC(C)=O)CC(=O)CC. The van der Waals surface area contributed by atoms with Gasteiger partial charge in [0.2, 0.25) is 0 Å². The fourth-order valence-corrected chi connectivity index (χ4v) is 2.58. The molecular weight excluding hydrogens is 280 g/mol. The van der Waals surface area contributed by atoms with Gasteiger partial charge >= 0.3 is 0 Å². The van der Waals surface area contributed by atoms with Crippen molar-refractivity contribution in [1.82, 2.24) is 0 Å². The fourth-order valence-electron chi connectivity index (χ4n) is 2.58. The molecule has 0 saturated carbocycles. The van der Waals surface area contributed by atoms with E-state index in [1.807, 2.05) is 6.92 Å². The summed E-state index contributed by atoms with van der Waals surface area (Å²) in [5, 5.41) is 0. The first-order valence-electron chi connectivity index (χ1n) is 8.43. The summed E-state index contributed by atoms with van der Waals surface area (Å²) >= 11 is 0. The quantitative estimate of drug-likeness (QED) is 0.457. The number of carbonyl (C=O) groups excluding carboxylic acids is 4. The average Bonchev–Trinajstić information content (AvgIpc) is 2.44. The van der Waals surface area contributed by atoms with Gasteiger partial charge in [0, 0.05) is 32.1 Å². The van der Waals surface area contributed by atoms with E-state index in [0.29, 0.717) is 31.0 Å². The van der Waals surface area contributed by atoms with Gasteiger partial charge < -0.3 is 0 Å². The maximum absolute atomic E-state index is 11.7. The van der Waals surface area contributed by atoms with Crippen molar-refractivity contribution in [2.24, 2.45) is 5.92 Å². The van der Waals surface area contributed by atoms with Crippen molar-refractivity contribution in [3.05, 3.63) is 0 Å². The molecular formula is C18H30O4. The highest BCUT2D eigenvalue weighted by Gasteiger charge is 2.14. The van der Waals surface area contributed by atoms with Crippen molar-refractivity contribution in [3.8, 4) is 0 Å². The molecule has 0 aliphatic carbocycles. The van der Waals surface area contributed by atoms with Crippen LogP contribution in [0.25, 0.3) is 0 Å². The van der Waals surface area contributed by atoms with Crippen molar-refractivity contribution in [2.45, 2.75) is 85.0 Å². The van der Waals surface area contributed by atoms with Crippen LogP contribution in [0.4, 0.5) is 0 Å². The molecule has 0 radical (unpaired) electrons. The minimum atomic E-state index is -0.154. The summed E-state index contributed by atoms with van der Waals surface area (Å²) < 4.78 is 0. The number of carbonyl (C=O) groups is 4. The molecule has 126 valence electrons. The third-order valence-electron chi connectivity index (χ3n) is 3.80. The summed E-state index contributed by atoms with van der Waals surface area (Å²) in [5.74, 6) is 0.442. The summed E-state index contributed by atoms with van der Waals surface area (Å²) in [6.45, 7) is 5.37. The molecule has 0 aliphatic heterocycles. The number of rotatable bonds is 14. The second-order valence-corrected chi connectivity index (χ2v) is 6.10. The highest BCUT2D eigenvalue weighted by molar-refractivity contribution is 5.99. The summed E-state index contributed by atoms with van der Waals surface area (Å²) in [7, 11) is 0. The van der Waals surface area contributed by atoms with Crippen molar-refractivity contribution < 1.29 is 19.2 Å². The molecule has 4 nitrogen and oxygen atoms in total. The second-order valence-electron chi connectivity index (χ2n) is 6.10. The van der Waals surface area contributed by atoms with Crippen LogP contribution < -0.4 is 0 Å². The molecule has 4 heteroatoms. The monoisotopic (exact) mass is 310 g/mol. The molecule has 0 rings (SSSR count). The maximum atomic E-state index is 11.7. The predicted octanol–water partition coefficient (Wildman–Crippen LogP) is 3.84. The Morgan fingerprint density at radius 2 is 1.45 bits per heavy atom. The third kappa shape index (κ3) is 11.4. The molecule has 0 saturated heterocycles. The molecule has 0 fully saturated rings. The topological polar surface area (TPSA) is 68.3 Å². The van der Waals surface area contributed by atoms with E-state index >= 15 is 0 Å². The Morgan fingerprint density at radius 1 is 0.818 bits per heavy atom. The van der Waals surface area contributed by atoms with E-state index in [9.17, 15) is 19.2 Å². The Labute approximate surface area is 134 Å². The van der Waals surface area contributed by atoms with Gasteiger partial charge in [-0.2, -0.15) is 0 Å². The normalized spacial score (nSPS) is 12.0. The van der Waals surface area contributed by atoms with E-state index in [1.54, 1.807) is 0 Å². The van der Waals surface area contributed by atoms with E-state index in [2.05, 4.69) is 6.92 Å². The van der Waals surface area contributed by atoms with Crippen molar-refractivity contribution >= 4 is 23.1 Å². The van der Waals surface area contributed by atoms with Gasteiger partial charge in [0.05, 0.1) is 6.42 Å². The summed E-state index contributed by atoms with van der Waals surface area (Å²) in [6, 6.07) is 0. The molecule has 22 heavy (non-hydrogen) atoms. The van der Waals surface area contributed by atoms with Crippen molar-refractivity contribution in [3.63, 3.8) is 0 Å². The Hall–Kier alpha value is -1.32. The summed E-state index contributed by atoms with van der Waals surface area (Å²) in [6.07, 6.45) is 5.76. The zero-order valence-electron chi connectivity index (χ0n) is 14.3. The van der Waals surface area contributed by atoms with Gasteiger partial charge in [-0.15, -0.1) is 0 Å². The first-order chi connectivity index (χ1) is 10.4. The predicted molar refractivity (Wildman–Crippen MR) is 86.7 cm³/mol. The second kappa shape index (κ2) is 12.2. The standard InChI is InChI=1S/C18H30O4/c1-4-7-15(13-16(20)5-2)8-6-9-17(21)10-11-18(22)12-14(3)19/h15H,4-13H2,1-3H3. The summed E-state index contributed by atoms with van der Waals surface area (Å²) in [4.78, 5) is 45.4. The molecule has 0 aliphatic rings. The Balaban J connectivity index is 3.94. The van der Waals surface area contributed by atoms with Crippen molar-refractivity contribution in [1.29, 1.82) is 0 Å². The maximum Gasteiger partial charge on any atom is 0.140 e. The van der Waals surface area contributed by atoms with Gasteiger partial charge in [0.1, 0.15) is 23.1 Å². The molecule has 0 aromatic carbocycles. The van der Waals surface area contributed by atoms with Crippen LogP contribution in [0.15, 0.2) is 0 Å². The van der Waals surface area contributed by atoms with E-state index in [0.717, 1.165) is 25.7 Å². The van der Waals surface area contributed by atoms with Crippen LogP contribution in [0.1, 0.15) is 85.0 Å². The first kappa shape index (κ1) is 20.7. The molecule has 0 bridgehead atoms. The average molecular weight is 310 g/mol. The van der Waals surface area contributed by atoms with Crippen LogP contribution in [0.3, 0.4) is 0 Å². The van der Waals surface area contributed by atoms with E-state index in [4.69, 9.17) is 0 Å². The lowest BCUT2D eigenvalue weighted by Crippen LogP contribution is -2.10. The van der Waals surface area contributed by atoms with Crippen LogP contribution in [-0.2, 0) is 19.2 Å². The molecule has 1 unspecified atom stereocenters. The van der Waals surface area contributed by atoms with Crippen LogP contribution in [0.2, 0.25) is 0 Å². The summed E-state index contributed by atoms with van der Waals surface area (Å²) in [5.41, 5.74) is 0. The van der Waals surface area contributed by atoms with E-state index in [-0.39, 0.29) is 36.6 Å². The van der Waals surface area contributed by atoms with Crippen LogP contribution >= 0.6 is 0 Å². The highest BCUT2D eigenvalue weighted by atomic mass is 16.2. The lowest BCUT2D eigenvalue weighted by Gasteiger charge is -2.14. The van der Waals surface area contributed by atoms with Crippen LogP contribution in [0.5, 0.6) is 0 Å². The number of ketones is 4. The molecule has 0 amide bonds. The van der Waals surface area contributed by atoms with Gasteiger partial charge in [-0.3, -0.25) is 19.2 Å². The van der Waals surface area contributed by atoms with Gasteiger partial charge in [-0.05, 0) is 25.7 Å².